The largest absolute Gasteiger partial charge is 0.300 e. The Morgan fingerprint density at radius 1 is 1.35 bits per heavy atom. The van der Waals surface area contributed by atoms with Gasteiger partial charge in [0.05, 0.1) is 0 Å². The third-order valence-electron chi connectivity index (χ3n) is 4.08. The smallest absolute Gasteiger partial charge is 0.234 e. The summed E-state index contributed by atoms with van der Waals surface area (Å²) in [5.74, 6) is 1.56. The van der Waals surface area contributed by atoms with Crippen LogP contribution >= 0.6 is 11.3 Å². The molecule has 0 amide bonds. The van der Waals surface area contributed by atoms with Crippen LogP contribution in [-0.4, -0.2) is 43.8 Å². The molecule has 3 heterocycles. The van der Waals surface area contributed by atoms with Crippen molar-refractivity contribution in [2.24, 2.45) is 0 Å². The molecule has 0 bridgehead atoms. The normalized spacial score (nSPS) is 21.1. The van der Waals surface area contributed by atoms with Crippen LogP contribution in [0.25, 0.3) is 4.96 Å². The molecule has 5 nitrogen and oxygen atoms in total. The van der Waals surface area contributed by atoms with Gasteiger partial charge in [-0.05, 0) is 39.7 Å². The summed E-state index contributed by atoms with van der Waals surface area (Å²) in [4.78, 5) is 3.51. The van der Waals surface area contributed by atoms with E-state index in [1.54, 1.807) is 11.3 Å². The molecule has 0 aromatic carbocycles. The van der Waals surface area contributed by atoms with Crippen molar-refractivity contribution in [1.29, 1.82) is 0 Å². The number of aromatic nitrogens is 4. The van der Waals surface area contributed by atoms with Crippen LogP contribution in [0.2, 0.25) is 0 Å². The molecule has 2 aromatic heterocycles. The first-order valence-corrected chi connectivity index (χ1v) is 8.45. The van der Waals surface area contributed by atoms with Crippen molar-refractivity contribution in [3.63, 3.8) is 0 Å². The van der Waals surface area contributed by atoms with Gasteiger partial charge in [-0.1, -0.05) is 18.3 Å². The van der Waals surface area contributed by atoms with Gasteiger partial charge in [0.15, 0.2) is 5.82 Å². The Morgan fingerprint density at radius 2 is 2.20 bits per heavy atom. The minimum atomic E-state index is 0.562. The zero-order chi connectivity index (χ0) is 14.1. The zero-order valence-electron chi connectivity index (χ0n) is 12.5. The number of piperidine rings is 1. The molecule has 0 aliphatic carbocycles. The van der Waals surface area contributed by atoms with Crippen LogP contribution in [0, 0.1) is 0 Å². The quantitative estimate of drug-likeness (QED) is 0.869. The molecule has 0 radical (unpaired) electrons. The van der Waals surface area contributed by atoms with Crippen molar-refractivity contribution in [1.82, 2.24) is 24.7 Å². The molecule has 6 heteroatoms. The van der Waals surface area contributed by atoms with E-state index in [0.29, 0.717) is 12.0 Å². The number of likely N-dealkylation sites (tertiary alicyclic amines) is 1. The van der Waals surface area contributed by atoms with Crippen LogP contribution < -0.4 is 0 Å². The fraction of sp³-hybridized carbons (Fsp3) is 0.786. The Labute approximate surface area is 124 Å². The predicted octanol–water partition coefficient (Wildman–Crippen LogP) is 2.73. The van der Waals surface area contributed by atoms with Crippen molar-refractivity contribution in [2.75, 3.05) is 13.1 Å². The topological polar surface area (TPSA) is 46.3 Å². The highest BCUT2D eigenvalue weighted by atomic mass is 32.1. The molecule has 1 aliphatic rings. The number of hydrogen-bond acceptors (Lipinski definition) is 5. The highest BCUT2D eigenvalue weighted by molar-refractivity contribution is 7.16. The lowest BCUT2D eigenvalue weighted by Gasteiger charge is -2.34. The van der Waals surface area contributed by atoms with Gasteiger partial charge < -0.3 is 4.90 Å². The van der Waals surface area contributed by atoms with E-state index < -0.39 is 0 Å². The van der Waals surface area contributed by atoms with Crippen LogP contribution in [-0.2, 0) is 6.42 Å². The number of aryl methyl sites for hydroxylation is 1. The third kappa shape index (κ3) is 2.59. The van der Waals surface area contributed by atoms with Crippen LogP contribution in [0.1, 0.15) is 56.8 Å². The van der Waals surface area contributed by atoms with Crippen LogP contribution in [0.15, 0.2) is 0 Å². The minimum absolute atomic E-state index is 0.562. The number of rotatable bonds is 4. The van der Waals surface area contributed by atoms with E-state index in [1.807, 2.05) is 4.52 Å². The summed E-state index contributed by atoms with van der Waals surface area (Å²) in [5, 5.41) is 14.5. The highest BCUT2D eigenvalue weighted by Crippen LogP contribution is 2.30. The molecule has 0 saturated carbocycles. The van der Waals surface area contributed by atoms with Gasteiger partial charge in [0.1, 0.15) is 5.01 Å². The van der Waals surface area contributed by atoms with Crippen molar-refractivity contribution < 1.29 is 0 Å². The van der Waals surface area contributed by atoms with Crippen molar-refractivity contribution in [3.8, 4) is 0 Å². The van der Waals surface area contributed by atoms with Gasteiger partial charge >= 0.3 is 0 Å². The maximum Gasteiger partial charge on any atom is 0.234 e. The molecule has 1 aliphatic heterocycles. The van der Waals surface area contributed by atoms with Gasteiger partial charge in [-0.2, -0.15) is 9.61 Å². The average molecular weight is 293 g/mol. The molecule has 1 fully saturated rings. The van der Waals surface area contributed by atoms with E-state index in [2.05, 4.69) is 35.9 Å². The van der Waals surface area contributed by atoms with Crippen LogP contribution in [0.4, 0.5) is 0 Å². The standard InChI is InChI=1S/C14H23N5S/c1-4-6-12-15-16-14-19(12)17-13(20-14)11-7-5-8-18(9-11)10(2)3/h10-11H,4-9H2,1-3H3/t11-/m0/s1. The first-order chi connectivity index (χ1) is 9.69. The summed E-state index contributed by atoms with van der Waals surface area (Å²) >= 11 is 1.72. The van der Waals surface area contributed by atoms with E-state index in [-0.39, 0.29) is 0 Å². The Balaban J connectivity index is 1.82. The summed E-state index contributed by atoms with van der Waals surface area (Å²) in [5.41, 5.74) is 0. The Morgan fingerprint density at radius 3 is 2.95 bits per heavy atom. The maximum atomic E-state index is 4.79. The molecule has 2 aromatic rings. The summed E-state index contributed by atoms with van der Waals surface area (Å²) in [6.45, 7) is 9.07. The lowest BCUT2D eigenvalue weighted by molar-refractivity contribution is 0.167. The van der Waals surface area contributed by atoms with Crippen LogP contribution in [0.3, 0.4) is 0 Å². The van der Waals surface area contributed by atoms with E-state index in [0.717, 1.165) is 30.2 Å². The van der Waals surface area contributed by atoms with Crippen LogP contribution in [0.5, 0.6) is 0 Å². The summed E-state index contributed by atoms with van der Waals surface area (Å²) in [7, 11) is 0. The fourth-order valence-electron chi connectivity index (χ4n) is 2.89. The lowest BCUT2D eigenvalue weighted by Crippen LogP contribution is -2.39. The summed E-state index contributed by atoms with van der Waals surface area (Å²) in [6, 6.07) is 0.624. The second-order valence-electron chi connectivity index (χ2n) is 5.93. The molecule has 0 unspecified atom stereocenters. The number of nitrogens with zero attached hydrogens (tertiary/aromatic N) is 5. The summed E-state index contributed by atoms with van der Waals surface area (Å²) < 4.78 is 1.96. The lowest BCUT2D eigenvalue weighted by atomic mass is 9.98. The fourth-order valence-corrected chi connectivity index (χ4v) is 3.88. The van der Waals surface area contributed by atoms with Gasteiger partial charge in [-0.3, -0.25) is 0 Å². The van der Waals surface area contributed by atoms with E-state index in [1.165, 1.54) is 24.4 Å². The minimum Gasteiger partial charge on any atom is -0.300 e. The van der Waals surface area contributed by atoms with Gasteiger partial charge in [0, 0.05) is 24.9 Å². The molecule has 110 valence electrons. The van der Waals surface area contributed by atoms with E-state index >= 15 is 0 Å². The van der Waals surface area contributed by atoms with E-state index in [9.17, 15) is 0 Å². The molecule has 1 saturated heterocycles. The molecular weight excluding hydrogens is 270 g/mol. The maximum absolute atomic E-state index is 4.79. The second kappa shape index (κ2) is 5.77. The molecule has 1 atom stereocenters. The highest BCUT2D eigenvalue weighted by Gasteiger charge is 2.26. The number of fused-ring (bicyclic) bond motifs is 1. The van der Waals surface area contributed by atoms with Gasteiger partial charge in [-0.15, -0.1) is 10.2 Å². The molecular formula is C14H23N5S. The third-order valence-corrected chi connectivity index (χ3v) is 5.14. The zero-order valence-corrected chi connectivity index (χ0v) is 13.4. The summed E-state index contributed by atoms with van der Waals surface area (Å²) in [6.07, 6.45) is 4.55. The number of hydrogen-bond donors (Lipinski definition) is 0. The molecule has 0 N–H and O–H groups in total. The first kappa shape index (κ1) is 13.9. The Hall–Kier alpha value is -1.01. The SMILES string of the molecule is CCCc1nnc2sc([C@H]3CCCN(C(C)C)C3)nn12. The molecule has 20 heavy (non-hydrogen) atoms. The van der Waals surface area contributed by atoms with Gasteiger partial charge in [0.25, 0.3) is 0 Å². The molecule has 0 spiro atoms. The monoisotopic (exact) mass is 293 g/mol. The average Bonchev–Trinajstić information content (AvgIpc) is 3.01. The predicted molar refractivity (Wildman–Crippen MR) is 81.3 cm³/mol. The van der Waals surface area contributed by atoms with Crippen molar-refractivity contribution >= 4 is 16.3 Å². The Kier molecular flexibility index (Phi) is 4.03. The van der Waals surface area contributed by atoms with Crippen molar-refractivity contribution in [2.45, 2.75) is 58.4 Å². The second-order valence-corrected chi connectivity index (χ2v) is 6.92. The van der Waals surface area contributed by atoms with Gasteiger partial charge in [0.2, 0.25) is 4.96 Å². The first-order valence-electron chi connectivity index (χ1n) is 7.64. The Bertz CT molecular complexity index is 573. The van der Waals surface area contributed by atoms with E-state index in [4.69, 9.17) is 5.10 Å². The molecule has 3 rings (SSSR count). The van der Waals surface area contributed by atoms with Crippen molar-refractivity contribution in [3.05, 3.63) is 10.8 Å². The van der Waals surface area contributed by atoms with Gasteiger partial charge in [-0.25, -0.2) is 0 Å².